The molecule has 1 aromatic carbocycles. The normalized spacial score (nSPS) is 14.6. The van der Waals surface area contributed by atoms with Gasteiger partial charge in [-0.1, -0.05) is 26.0 Å². The van der Waals surface area contributed by atoms with Crippen LogP contribution in [0.1, 0.15) is 38.8 Å². The lowest BCUT2D eigenvalue weighted by atomic mass is 10.1. The summed E-state index contributed by atoms with van der Waals surface area (Å²) in [5.74, 6) is 0.776. The Morgan fingerprint density at radius 2 is 1.88 bits per heavy atom. The monoisotopic (exact) mass is 253 g/mol. The van der Waals surface area contributed by atoms with Gasteiger partial charge in [-0.05, 0) is 37.6 Å². The predicted octanol–water partition coefficient (Wildman–Crippen LogP) is 3.22. The maximum absolute atomic E-state index is 9.50. The van der Waals surface area contributed by atoms with Gasteiger partial charge in [0.25, 0.3) is 0 Å². The van der Waals surface area contributed by atoms with Gasteiger partial charge in [0.05, 0.1) is 6.10 Å². The summed E-state index contributed by atoms with van der Waals surface area (Å²) in [5.41, 5.74) is 1.31. The number of nitrogens with one attached hydrogen (secondary N) is 1. The molecule has 0 spiro atoms. The molecule has 0 saturated heterocycles. The first-order chi connectivity index (χ1) is 8.17. The molecule has 17 heavy (non-hydrogen) atoms. The molecule has 1 aromatic rings. The highest BCUT2D eigenvalue weighted by Gasteiger charge is 2.05. The molecular formula is C14H23NOS. The Kier molecular flexibility index (Phi) is 6.63. The van der Waals surface area contributed by atoms with Gasteiger partial charge < -0.3 is 10.4 Å². The lowest BCUT2D eigenvalue weighted by molar-refractivity contribution is 0.195. The number of hydrogen-bond acceptors (Lipinski definition) is 3. The van der Waals surface area contributed by atoms with E-state index in [0.29, 0.717) is 6.04 Å². The van der Waals surface area contributed by atoms with E-state index < -0.39 is 0 Å². The van der Waals surface area contributed by atoms with Crippen LogP contribution in [0.25, 0.3) is 0 Å². The zero-order valence-electron chi connectivity index (χ0n) is 10.9. The molecule has 2 atom stereocenters. The summed E-state index contributed by atoms with van der Waals surface area (Å²) in [7, 11) is 0. The van der Waals surface area contributed by atoms with Crippen molar-refractivity contribution in [2.45, 2.75) is 44.2 Å². The Bertz CT molecular complexity index is 313. The molecule has 0 amide bonds. The largest absolute Gasteiger partial charge is 0.392 e. The van der Waals surface area contributed by atoms with Crippen LogP contribution in [0.3, 0.4) is 0 Å². The highest BCUT2D eigenvalue weighted by atomic mass is 32.2. The van der Waals surface area contributed by atoms with Crippen molar-refractivity contribution in [3.05, 3.63) is 29.8 Å². The van der Waals surface area contributed by atoms with E-state index in [9.17, 15) is 5.11 Å². The second-order valence-electron chi connectivity index (χ2n) is 4.22. The third-order valence-corrected chi connectivity index (χ3v) is 3.96. The molecule has 0 fully saturated rings. The van der Waals surface area contributed by atoms with Crippen molar-refractivity contribution >= 4 is 11.8 Å². The standard InChI is InChI=1S/C14H23NOS/c1-4-13(16)10-17-14-8-6-12(7-9-14)11(3)15-5-2/h6-9,11,13,15-16H,4-5,10H2,1-3H3. The van der Waals surface area contributed by atoms with Crippen LogP contribution in [0.5, 0.6) is 0 Å². The lowest BCUT2D eigenvalue weighted by Gasteiger charge is -2.13. The average Bonchev–Trinajstić information content (AvgIpc) is 2.36. The third-order valence-electron chi connectivity index (χ3n) is 2.80. The van der Waals surface area contributed by atoms with Crippen LogP contribution in [0.4, 0.5) is 0 Å². The van der Waals surface area contributed by atoms with Gasteiger partial charge >= 0.3 is 0 Å². The van der Waals surface area contributed by atoms with Crippen LogP contribution >= 0.6 is 11.8 Å². The maximum Gasteiger partial charge on any atom is 0.0631 e. The van der Waals surface area contributed by atoms with Gasteiger partial charge in [-0.2, -0.15) is 0 Å². The van der Waals surface area contributed by atoms with Gasteiger partial charge in [0.2, 0.25) is 0 Å². The summed E-state index contributed by atoms with van der Waals surface area (Å²) in [5, 5.41) is 12.9. The highest BCUT2D eigenvalue weighted by Crippen LogP contribution is 2.22. The highest BCUT2D eigenvalue weighted by molar-refractivity contribution is 7.99. The summed E-state index contributed by atoms with van der Waals surface area (Å²) in [4.78, 5) is 1.23. The van der Waals surface area contributed by atoms with Crippen LogP contribution < -0.4 is 5.32 Å². The molecule has 0 heterocycles. The summed E-state index contributed by atoms with van der Waals surface area (Å²) >= 11 is 1.72. The Morgan fingerprint density at radius 1 is 1.24 bits per heavy atom. The maximum atomic E-state index is 9.50. The number of aliphatic hydroxyl groups excluding tert-OH is 1. The zero-order valence-corrected chi connectivity index (χ0v) is 11.8. The minimum Gasteiger partial charge on any atom is -0.392 e. The lowest BCUT2D eigenvalue weighted by Crippen LogP contribution is -2.17. The smallest absolute Gasteiger partial charge is 0.0631 e. The van der Waals surface area contributed by atoms with Gasteiger partial charge in [0, 0.05) is 16.7 Å². The second-order valence-corrected chi connectivity index (χ2v) is 5.31. The first-order valence-corrected chi connectivity index (χ1v) is 7.30. The fraction of sp³-hybridized carbons (Fsp3) is 0.571. The van der Waals surface area contributed by atoms with E-state index >= 15 is 0 Å². The van der Waals surface area contributed by atoms with E-state index in [1.54, 1.807) is 11.8 Å². The van der Waals surface area contributed by atoms with Crippen LogP contribution in [0.2, 0.25) is 0 Å². The van der Waals surface area contributed by atoms with Crippen molar-refractivity contribution in [2.75, 3.05) is 12.3 Å². The third kappa shape index (κ3) is 5.11. The molecule has 0 aliphatic rings. The minimum atomic E-state index is -0.194. The summed E-state index contributed by atoms with van der Waals surface area (Å²) in [6.45, 7) is 7.28. The van der Waals surface area contributed by atoms with Crippen molar-refractivity contribution in [1.82, 2.24) is 5.32 Å². The quantitative estimate of drug-likeness (QED) is 0.732. The van der Waals surface area contributed by atoms with Crippen LogP contribution in [-0.4, -0.2) is 23.5 Å². The van der Waals surface area contributed by atoms with Gasteiger partial charge in [-0.15, -0.1) is 11.8 Å². The summed E-state index contributed by atoms with van der Waals surface area (Å²) in [6.07, 6.45) is 0.628. The van der Waals surface area contributed by atoms with Gasteiger partial charge in [-0.3, -0.25) is 0 Å². The molecule has 0 bridgehead atoms. The van der Waals surface area contributed by atoms with E-state index in [1.807, 2.05) is 6.92 Å². The van der Waals surface area contributed by atoms with Crippen LogP contribution in [-0.2, 0) is 0 Å². The zero-order chi connectivity index (χ0) is 12.7. The molecule has 0 aromatic heterocycles. The SMILES string of the molecule is CCNC(C)c1ccc(SCC(O)CC)cc1. The van der Waals surface area contributed by atoms with E-state index in [2.05, 4.69) is 43.4 Å². The van der Waals surface area contributed by atoms with E-state index in [0.717, 1.165) is 18.7 Å². The van der Waals surface area contributed by atoms with Crippen molar-refractivity contribution in [2.24, 2.45) is 0 Å². The molecule has 0 radical (unpaired) electrons. The van der Waals surface area contributed by atoms with E-state index in [1.165, 1.54) is 10.5 Å². The topological polar surface area (TPSA) is 32.3 Å². The van der Waals surface area contributed by atoms with Gasteiger partial charge in [0.1, 0.15) is 0 Å². The first kappa shape index (κ1) is 14.6. The molecule has 96 valence electrons. The molecule has 2 unspecified atom stereocenters. The van der Waals surface area contributed by atoms with E-state index in [-0.39, 0.29) is 6.10 Å². The minimum absolute atomic E-state index is 0.194. The Labute approximate surface area is 109 Å². The molecule has 1 rings (SSSR count). The molecular weight excluding hydrogens is 230 g/mol. The molecule has 0 aliphatic carbocycles. The van der Waals surface area contributed by atoms with Crippen LogP contribution in [0, 0.1) is 0 Å². The molecule has 0 saturated carbocycles. The molecule has 0 aliphatic heterocycles. The first-order valence-electron chi connectivity index (χ1n) is 6.31. The van der Waals surface area contributed by atoms with Crippen molar-refractivity contribution in [3.8, 4) is 0 Å². The van der Waals surface area contributed by atoms with Gasteiger partial charge in [0.15, 0.2) is 0 Å². The fourth-order valence-corrected chi connectivity index (χ4v) is 2.54. The van der Waals surface area contributed by atoms with Crippen molar-refractivity contribution in [1.29, 1.82) is 0 Å². The molecule has 3 heteroatoms. The van der Waals surface area contributed by atoms with E-state index in [4.69, 9.17) is 0 Å². The van der Waals surface area contributed by atoms with Gasteiger partial charge in [-0.25, -0.2) is 0 Å². The Morgan fingerprint density at radius 3 is 2.41 bits per heavy atom. The van der Waals surface area contributed by atoms with Crippen molar-refractivity contribution in [3.63, 3.8) is 0 Å². The summed E-state index contributed by atoms with van der Waals surface area (Å²) in [6, 6.07) is 8.99. The Hall–Kier alpha value is -0.510. The number of aliphatic hydroxyl groups is 1. The fourth-order valence-electron chi connectivity index (χ4n) is 1.59. The van der Waals surface area contributed by atoms with Crippen LogP contribution in [0.15, 0.2) is 29.2 Å². The summed E-state index contributed by atoms with van der Waals surface area (Å²) < 4.78 is 0. The predicted molar refractivity (Wildman–Crippen MR) is 75.6 cm³/mol. The number of benzene rings is 1. The number of thioether (sulfide) groups is 1. The number of hydrogen-bond donors (Lipinski definition) is 2. The molecule has 2 N–H and O–H groups in total. The second kappa shape index (κ2) is 7.75. The Balaban J connectivity index is 2.50. The number of rotatable bonds is 7. The van der Waals surface area contributed by atoms with Crippen molar-refractivity contribution < 1.29 is 5.11 Å². The molecule has 2 nitrogen and oxygen atoms in total. The average molecular weight is 253 g/mol.